The van der Waals surface area contributed by atoms with E-state index in [0.29, 0.717) is 5.02 Å². The molecule has 1 heterocycles. The summed E-state index contributed by atoms with van der Waals surface area (Å²) in [7, 11) is 0. The number of rotatable bonds is 2. The third-order valence-corrected chi connectivity index (χ3v) is 3.92. The molecular formula is C15H11ClINO. The fourth-order valence-electron chi connectivity index (χ4n) is 2.05. The molecule has 0 aliphatic heterocycles. The molecule has 3 aromatic rings. The molecule has 0 aliphatic rings. The van der Waals surface area contributed by atoms with Crippen molar-refractivity contribution in [3.63, 3.8) is 0 Å². The first-order valence-electron chi connectivity index (χ1n) is 5.83. The second kappa shape index (κ2) is 5.15. The Morgan fingerprint density at radius 1 is 1.11 bits per heavy atom. The van der Waals surface area contributed by atoms with E-state index in [1.807, 2.05) is 42.5 Å². The van der Waals surface area contributed by atoms with Crippen molar-refractivity contribution in [3.05, 3.63) is 68.4 Å². The van der Waals surface area contributed by atoms with Gasteiger partial charge in [-0.25, -0.2) is 0 Å². The summed E-state index contributed by atoms with van der Waals surface area (Å²) in [6.45, 7) is 0. The molecule has 0 radical (unpaired) electrons. The smallest absolute Gasteiger partial charge is 0.134 e. The number of benzene rings is 2. The van der Waals surface area contributed by atoms with E-state index in [2.05, 4.69) is 28.7 Å². The molecular weight excluding hydrogens is 373 g/mol. The van der Waals surface area contributed by atoms with Crippen molar-refractivity contribution in [2.24, 2.45) is 5.73 Å². The SMILES string of the molecule is NC(c1cccc(I)c1)c1cc2cc(Cl)ccc2o1. The molecule has 3 rings (SSSR count). The van der Waals surface area contributed by atoms with E-state index in [1.165, 1.54) is 0 Å². The summed E-state index contributed by atoms with van der Waals surface area (Å²) >= 11 is 8.24. The van der Waals surface area contributed by atoms with E-state index in [9.17, 15) is 0 Å². The number of fused-ring (bicyclic) bond motifs is 1. The molecule has 2 N–H and O–H groups in total. The number of hydrogen-bond acceptors (Lipinski definition) is 2. The van der Waals surface area contributed by atoms with Gasteiger partial charge in [0, 0.05) is 14.0 Å². The topological polar surface area (TPSA) is 39.2 Å². The highest BCUT2D eigenvalue weighted by Crippen LogP contribution is 2.28. The first-order chi connectivity index (χ1) is 9.13. The zero-order valence-corrected chi connectivity index (χ0v) is 12.9. The highest BCUT2D eigenvalue weighted by atomic mass is 127. The molecule has 96 valence electrons. The van der Waals surface area contributed by atoms with E-state index in [1.54, 1.807) is 0 Å². The minimum Gasteiger partial charge on any atom is -0.459 e. The summed E-state index contributed by atoms with van der Waals surface area (Å²) in [5.74, 6) is 0.749. The molecule has 2 aromatic carbocycles. The van der Waals surface area contributed by atoms with Crippen LogP contribution in [0.3, 0.4) is 0 Å². The van der Waals surface area contributed by atoms with Crippen LogP contribution in [0, 0.1) is 3.57 Å². The third-order valence-electron chi connectivity index (χ3n) is 3.01. The summed E-state index contributed by atoms with van der Waals surface area (Å²) in [5, 5.41) is 1.67. The third kappa shape index (κ3) is 2.63. The standard InChI is InChI=1S/C15H11ClINO/c16-11-4-5-13-10(6-11)8-14(19-13)15(18)9-2-1-3-12(17)7-9/h1-8,15H,18H2. The lowest BCUT2D eigenvalue weighted by molar-refractivity contribution is 0.525. The minimum absolute atomic E-state index is 0.263. The number of nitrogens with two attached hydrogens (primary N) is 1. The van der Waals surface area contributed by atoms with Crippen LogP contribution < -0.4 is 5.73 Å². The molecule has 4 heteroatoms. The molecule has 2 nitrogen and oxygen atoms in total. The highest BCUT2D eigenvalue weighted by molar-refractivity contribution is 14.1. The van der Waals surface area contributed by atoms with Crippen molar-refractivity contribution in [2.75, 3.05) is 0 Å². The second-order valence-corrected chi connectivity index (χ2v) is 6.05. The molecule has 1 aromatic heterocycles. The summed E-state index contributed by atoms with van der Waals surface area (Å²) in [4.78, 5) is 0. The lowest BCUT2D eigenvalue weighted by Crippen LogP contribution is -2.10. The van der Waals surface area contributed by atoms with E-state index in [0.717, 1.165) is 25.9 Å². The van der Waals surface area contributed by atoms with Gasteiger partial charge in [-0.15, -0.1) is 0 Å². The van der Waals surface area contributed by atoms with Gasteiger partial charge in [0.25, 0.3) is 0 Å². The lowest BCUT2D eigenvalue weighted by Gasteiger charge is -2.09. The van der Waals surface area contributed by atoms with Gasteiger partial charge >= 0.3 is 0 Å². The van der Waals surface area contributed by atoms with Crippen LogP contribution >= 0.6 is 34.2 Å². The Hall–Kier alpha value is -1.04. The van der Waals surface area contributed by atoms with Crippen LogP contribution in [0.5, 0.6) is 0 Å². The van der Waals surface area contributed by atoms with Gasteiger partial charge in [0.1, 0.15) is 11.3 Å². The van der Waals surface area contributed by atoms with Crippen molar-refractivity contribution in [3.8, 4) is 0 Å². The van der Waals surface area contributed by atoms with Crippen LogP contribution in [-0.2, 0) is 0 Å². The molecule has 0 bridgehead atoms. The van der Waals surface area contributed by atoms with Gasteiger partial charge in [-0.2, -0.15) is 0 Å². The van der Waals surface area contributed by atoms with Gasteiger partial charge in [-0.3, -0.25) is 0 Å². The van der Waals surface area contributed by atoms with Gasteiger partial charge < -0.3 is 10.2 Å². The van der Waals surface area contributed by atoms with Crippen LogP contribution in [0.25, 0.3) is 11.0 Å². The Bertz CT molecular complexity index is 738. The van der Waals surface area contributed by atoms with Gasteiger partial charge in [-0.05, 0) is 64.6 Å². The first-order valence-corrected chi connectivity index (χ1v) is 7.29. The predicted molar refractivity (Wildman–Crippen MR) is 86.4 cm³/mol. The van der Waals surface area contributed by atoms with Crippen LogP contribution in [0.4, 0.5) is 0 Å². The average Bonchev–Trinajstić information content (AvgIpc) is 2.80. The fraction of sp³-hybridized carbons (Fsp3) is 0.0667. The molecule has 19 heavy (non-hydrogen) atoms. The van der Waals surface area contributed by atoms with E-state index in [-0.39, 0.29) is 6.04 Å². The summed E-state index contributed by atoms with van der Waals surface area (Å²) in [6.07, 6.45) is 0. The maximum atomic E-state index is 6.26. The molecule has 0 saturated carbocycles. The van der Waals surface area contributed by atoms with Crippen molar-refractivity contribution >= 4 is 45.2 Å². The maximum Gasteiger partial charge on any atom is 0.134 e. The Morgan fingerprint density at radius 2 is 1.95 bits per heavy atom. The van der Waals surface area contributed by atoms with Crippen LogP contribution in [-0.4, -0.2) is 0 Å². The number of furan rings is 1. The Kier molecular flexibility index (Phi) is 3.52. The zero-order chi connectivity index (χ0) is 13.4. The number of halogens is 2. The van der Waals surface area contributed by atoms with Gasteiger partial charge in [0.05, 0.1) is 6.04 Å². The molecule has 0 spiro atoms. The summed E-state index contributed by atoms with van der Waals surface area (Å²) in [5.41, 5.74) is 8.10. The molecule has 1 unspecified atom stereocenters. The average molecular weight is 384 g/mol. The van der Waals surface area contributed by atoms with Crippen molar-refractivity contribution in [1.29, 1.82) is 0 Å². The molecule has 0 amide bonds. The van der Waals surface area contributed by atoms with Gasteiger partial charge in [0.2, 0.25) is 0 Å². The minimum atomic E-state index is -0.263. The second-order valence-electron chi connectivity index (χ2n) is 4.36. The van der Waals surface area contributed by atoms with Crippen LogP contribution in [0.1, 0.15) is 17.4 Å². The van der Waals surface area contributed by atoms with Crippen LogP contribution in [0.15, 0.2) is 52.9 Å². The molecule has 0 saturated heterocycles. The van der Waals surface area contributed by atoms with Gasteiger partial charge in [0.15, 0.2) is 0 Å². The van der Waals surface area contributed by atoms with Crippen LogP contribution in [0.2, 0.25) is 5.02 Å². The first kappa shape index (κ1) is 13.0. The van der Waals surface area contributed by atoms with Crippen molar-refractivity contribution in [1.82, 2.24) is 0 Å². The maximum absolute atomic E-state index is 6.26. The lowest BCUT2D eigenvalue weighted by atomic mass is 10.1. The fourth-order valence-corrected chi connectivity index (χ4v) is 2.80. The Morgan fingerprint density at radius 3 is 2.74 bits per heavy atom. The summed E-state index contributed by atoms with van der Waals surface area (Å²) < 4.78 is 6.95. The molecule has 1 atom stereocenters. The number of hydrogen-bond donors (Lipinski definition) is 1. The quantitative estimate of drug-likeness (QED) is 0.649. The highest BCUT2D eigenvalue weighted by Gasteiger charge is 2.14. The largest absolute Gasteiger partial charge is 0.459 e. The van der Waals surface area contributed by atoms with E-state index < -0.39 is 0 Å². The molecule has 0 aliphatic carbocycles. The van der Waals surface area contributed by atoms with Gasteiger partial charge in [-0.1, -0.05) is 23.7 Å². The predicted octanol–water partition coefficient (Wildman–Crippen LogP) is 4.74. The Balaban J connectivity index is 2.04. The Labute approximate surface area is 129 Å². The molecule has 0 fully saturated rings. The monoisotopic (exact) mass is 383 g/mol. The normalized spacial score (nSPS) is 12.8. The summed E-state index contributed by atoms with van der Waals surface area (Å²) in [6, 6.07) is 15.3. The van der Waals surface area contributed by atoms with Crippen molar-refractivity contribution in [2.45, 2.75) is 6.04 Å². The van der Waals surface area contributed by atoms with E-state index in [4.69, 9.17) is 21.8 Å². The van der Waals surface area contributed by atoms with E-state index >= 15 is 0 Å². The van der Waals surface area contributed by atoms with Crippen molar-refractivity contribution < 1.29 is 4.42 Å². The zero-order valence-electron chi connectivity index (χ0n) is 9.94.